The zero-order valence-corrected chi connectivity index (χ0v) is 23.1. The predicted molar refractivity (Wildman–Crippen MR) is 143 cm³/mol. The van der Waals surface area contributed by atoms with Gasteiger partial charge in [-0.25, -0.2) is 0 Å². The van der Waals surface area contributed by atoms with Gasteiger partial charge in [0.1, 0.15) is 24.3 Å². The van der Waals surface area contributed by atoms with E-state index in [1.807, 2.05) is 48.6 Å². The molecular weight excluding hydrogens is 533 g/mol. The SMILES string of the molecule is CC(C)CN(Cc1cc(C(N)=O)c(=O)n(CC(F)(F)F)c1)c1cc(C2(c3nncn3C)CC(C)C2)ccc1Cl. The molecule has 1 fully saturated rings. The molecule has 0 spiro atoms. The lowest BCUT2D eigenvalue weighted by Gasteiger charge is -2.46. The van der Waals surface area contributed by atoms with Crippen molar-refractivity contribution in [2.45, 2.75) is 58.3 Å². The fraction of sp³-hybridized carbons (Fsp3) is 0.481. The Morgan fingerprint density at radius 3 is 2.51 bits per heavy atom. The van der Waals surface area contributed by atoms with Gasteiger partial charge in [-0.1, -0.05) is 38.4 Å². The van der Waals surface area contributed by atoms with E-state index in [1.165, 1.54) is 6.07 Å². The summed E-state index contributed by atoms with van der Waals surface area (Å²) in [7, 11) is 1.91. The fourth-order valence-electron chi connectivity index (χ4n) is 5.63. The number of pyridine rings is 1. The lowest BCUT2D eigenvalue weighted by atomic mass is 9.58. The van der Waals surface area contributed by atoms with Crippen molar-refractivity contribution in [1.29, 1.82) is 0 Å². The molecule has 2 aromatic heterocycles. The highest BCUT2D eigenvalue weighted by Gasteiger charge is 2.48. The van der Waals surface area contributed by atoms with Gasteiger partial charge in [0.25, 0.3) is 11.5 Å². The second kappa shape index (κ2) is 10.7. The second-order valence-electron chi connectivity index (χ2n) is 11.0. The van der Waals surface area contributed by atoms with E-state index in [4.69, 9.17) is 17.3 Å². The van der Waals surface area contributed by atoms with Crippen LogP contribution in [0, 0.1) is 11.8 Å². The number of nitrogens with zero attached hydrogens (tertiary/aromatic N) is 5. The fourth-order valence-corrected chi connectivity index (χ4v) is 5.86. The second-order valence-corrected chi connectivity index (χ2v) is 11.4. The number of amides is 1. The number of hydrogen-bond acceptors (Lipinski definition) is 5. The summed E-state index contributed by atoms with van der Waals surface area (Å²) in [5, 5.41) is 8.96. The van der Waals surface area contributed by atoms with Gasteiger partial charge in [-0.15, -0.1) is 10.2 Å². The van der Waals surface area contributed by atoms with E-state index in [0.29, 0.717) is 33.3 Å². The molecule has 12 heteroatoms. The van der Waals surface area contributed by atoms with Crippen molar-refractivity contribution in [3.05, 3.63) is 74.7 Å². The van der Waals surface area contributed by atoms with Crippen molar-refractivity contribution < 1.29 is 18.0 Å². The average molecular weight is 565 g/mol. The highest BCUT2D eigenvalue weighted by atomic mass is 35.5. The number of anilines is 1. The summed E-state index contributed by atoms with van der Waals surface area (Å²) in [6.45, 7) is 5.30. The molecule has 1 aliphatic rings. The molecule has 0 radical (unpaired) electrons. The zero-order valence-electron chi connectivity index (χ0n) is 22.3. The molecule has 2 heterocycles. The molecule has 3 aromatic rings. The summed E-state index contributed by atoms with van der Waals surface area (Å²) >= 11 is 6.71. The topological polar surface area (TPSA) is 99.0 Å². The van der Waals surface area contributed by atoms with E-state index in [-0.39, 0.29) is 17.9 Å². The standard InChI is InChI=1S/C27H32ClF3N6O2/c1-16(2)11-36(12-18-7-20(23(32)38)24(39)37(13-18)14-27(29,30)31)22-8-19(5-6-21(22)28)26(9-17(3)10-26)25-34-33-15-35(25)4/h5-8,13,15-17H,9-12,14H2,1-4H3,(H2,32,38). The van der Waals surface area contributed by atoms with Crippen molar-refractivity contribution in [2.24, 2.45) is 24.6 Å². The number of alkyl halides is 3. The van der Waals surface area contributed by atoms with Crippen molar-refractivity contribution in [1.82, 2.24) is 19.3 Å². The molecule has 2 N–H and O–H groups in total. The predicted octanol–water partition coefficient (Wildman–Crippen LogP) is 4.67. The summed E-state index contributed by atoms with van der Waals surface area (Å²) in [6, 6.07) is 7.07. The van der Waals surface area contributed by atoms with Crippen LogP contribution in [0.2, 0.25) is 5.02 Å². The number of benzene rings is 1. The highest BCUT2D eigenvalue weighted by molar-refractivity contribution is 6.33. The molecule has 1 aromatic carbocycles. The lowest BCUT2D eigenvalue weighted by Crippen LogP contribution is -2.43. The molecule has 0 atom stereocenters. The molecule has 0 bridgehead atoms. The summed E-state index contributed by atoms with van der Waals surface area (Å²) in [5.41, 5.74) is 5.47. The minimum atomic E-state index is -4.65. The van der Waals surface area contributed by atoms with Crippen LogP contribution >= 0.6 is 11.6 Å². The number of aromatic nitrogens is 4. The monoisotopic (exact) mass is 564 g/mol. The Bertz CT molecular complexity index is 1430. The van der Waals surface area contributed by atoms with Gasteiger partial charge in [0.2, 0.25) is 0 Å². The van der Waals surface area contributed by atoms with Gasteiger partial charge < -0.3 is 19.8 Å². The summed E-state index contributed by atoms with van der Waals surface area (Å²) in [5.74, 6) is 0.430. The average Bonchev–Trinajstić information content (AvgIpc) is 3.23. The Morgan fingerprint density at radius 1 is 1.28 bits per heavy atom. The molecular formula is C27H32ClF3N6O2. The maximum absolute atomic E-state index is 13.2. The van der Waals surface area contributed by atoms with E-state index in [9.17, 15) is 22.8 Å². The first-order valence-corrected chi connectivity index (χ1v) is 13.1. The van der Waals surface area contributed by atoms with Gasteiger partial charge in [0.15, 0.2) is 0 Å². The van der Waals surface area contributed by atoms with Crippen LogP contribution in [-0.2, 0) is 25.6 Å². The number of hydrogen-bond donors (Lipinski definition) is 1. The van der Waals surface area contributed by atoms with E-state index >= 15 is 0 Å². The molecule has 210 valence electrons. The van der Waals surface area contributed by atoms with E-state index < -0.39 is 29.8 Å². The van der Waals surface area contributed by atoms with Gasteiger partial charge in [0, 0.05) is 26.3 Å². The first-order chi connectivity index (χ1) is 18.2. The van der Waals surface area contributed by atoms with Crippen LogP contribution in [0.25, 0.3) is 0 Å². The van der Waals surface area contributed by atoms with Crippen LogP contribution in [0.3, 0.4) is 0 Å². The third-order valence-electron chi connectivity index (χ3n) is 7.09. The molecule has 1 amide bonds. The third-order valence-corrected chi connectivity index (χ3v) is 7.41. The summed E-state index contributed by atoms with van der Waals surface area (Å²) < 4.78 is 42.0. The highest BCUT2D eigenvalue weighted by Crippen LogP contribution is 2.52. The van der Waals surface area contributed by atoms with Crippen molar-refractivity contribution in [2.75, 3.05) is 11.4 Å². The Balaban J connectivity index is 1.79. The van der Waals surface area contributed by atoms with Crippen LogP contribution in [0.1, 0.15) is 60.9 Å². The molecule has 0 unspecified atom stereocenters. The molecule has 1 saturated carbocycles. The van der Waals surface area contributed by atoms with Crippen molar-refractivity contribution >= 4 is 23.2 Å². The van der Waals surface area contributed by atoms with Gasteiger partial charge in [-0.2, -0.15) is 13.2 Å². The maximum atomic E-state index is 13.2. The van der Waals surface area contributed by atoms with Gasteiger partial charge in [0.05, 0.1) is 16.1 Å². The summed E-state index contributed by atoms with van der Waals surface area (Å²) in [4.78, 5) is 26.4. The van der Waals surface area contributed by atoms with E-state index in [2.05, 4.69) is 17.1 Å². The molecule has 0 aliphatic heterocycles. The van der Waals surface area contributed by atoms with Crippen molar-refractivity contribution in [3.63, 3.8) is 0 Å². The van der Waals surface area contributed by atoms with Gasteiger partial charge >= 0.3 is 6.18 Å². The summed E-state index contributed by atoms with van der Waals surface area (Å²) in [6.07, 6.45) is -0.0822. The van der Waals surface area contributed by atoms with Crippen LogP contribution in [0.5, 0.6) is 0 Å². The minimum absolute atomic E-state index is 0.104. The minimum Gasteiger partial charge on any atom is -0.366 e. The smallest absolute Gasteiger partial charge is 0.366 e. The lowest BCUT2D eigenvalue weighted by molar-refractivity contribution is -0.141. The normalized spacial score (nSPS) is 19.3. The molecule has 4 rings (SSSR count). The van der Waals surface area contributed by atoms with E-state index in [1.54, 1.807) is 6.33 Å². The Kier molecular flexibility index (Phi) is 7.84. The van der Waals surface area contributed by atoms with Crippen LogP contribution in [-0.4, -0.2) is 38.0 Å². The Hall–Kier alpha value is -3.34. The van der Waals surface area contributed by atoms with E-state index in [0.717, 1.165) is 30.4 Å². The quantitative estimate of drug-likeness (QED) is 0.407. The van der Waals surface area contributed by atoms with Gasteiger partial charge in [-0.3, -0.25) is 9.59 Å². The van der Waals surface area contributed by atoms with Crippen molar-refractivity contribution in [3.8, 4) is 0 Å². The first-order valence-electron chi connectivity index (χ1n) is 12.7. The molecule has 8 nitrogen and oxygen atoms in total. The van der Waals surface area contributed by atoms with Crippen LogP contribution < -0.4 is 16.2 Å². The zero-order chi connectivity index (χ0) is 28.7. The number of carbonyl (C=O) groups excluding carboxylic acids is 1. The Labute approximate surface area is 229 Å². The maximum Gasteiger partial charge on any atom is 0.406 e. The van der Waals surface area contributed by atoms with Crippen LogP contribution in [0.4, 0.5) is 18.9 Å². The molecule has 0 saturated heterocycles. The van der Waals surface area contributed by atoms with Crippen LogP contribution in [0.15, 0.2) is 41.6 Å². The molecule has 39 heavy (non-hydrogen) atoms. The molecule has 1 aliphatic carbocycles. The first kappa shape index (κ1) is 28.7. The number of primary amides is 1. The number of aryl methyl sites for hydroxylation is 1. The number of rotatable bonds is 9. The third kappa shape index (κ3) is 5.98. The number of carbonyl (C=O) groups is 1. The number of nitrogens with two attached hydrogens (primary N) is 1. The number of halogens is 4. The Morgan fingerprint density at radius 2 is 1.97 bits per heavy atom. The van der Waals surface area contributed by atoms with Gasteiger partial charge in [-0.05, 0) is 54.0 Å². The largest absolute Gasteiger partial charge is 0.406 e.